The first-order chi connectivity index (χ1) is 6.77. The van der Waals surface area contributed by atoms with Crippen molar-refractivity contribution in [2.75, 3.05) is 18.0 Å². The van der Waals surface area contributed by atoms with Crippen LogP contribution in [0.25, 0.3) is 0 Å². The second-order valence-electron chi connectivity index (χ2n) is 3.36. The molecule has 76 valence electrons. The molecule has 5 heteroatoms. The van der Waals surface area contributed by atoms with E-state index in [0.29, 0.717) is 9.85 Å². The average molecular weight is 277 g/mol. The van der Waals surface area contributed by atoms with Crippen LogP contribution >= 0.6 is 27.5 Å². The summed E-state index contributed by atoms with van der Waals surface area (Å²) in [7, 11) is 0. The number of aromatic nitrogens is 2. The lowest BCUT2D eigenvalue weighted by molar-refractivity contribution is 0.592. The van der Waals surface area contributed by atoms with Gasteiger partial charge in [0.25, 0.3) is 0 Å². The largest absolute Gasteiger partial charge is 0.355 e. The number of hydrogen-bond donors (Lipinski definition) is 0. The topological polar surface area (TPSA) is 29.0 Å². The van der Waals surface area contributed by atoms with E-state index in [4.69, 9.17) is 11.6 Å². The Balaban J connectivity index is 2.12. The number of piperidine rings is 1. The quantitative estimate of drug-likeness (QED) is 0.738. The van der Waals surface area contributed by atoms with E-state index >= 15 is 0 Å². The van der Waals surface area contributed by atoms with Crippen LogP contribution in [0.15, 0.2) is 12.5 Å². The van der Waals surface area contributed by atoms with E-state index in [1.165, 1.54) is 0 Å². The first kappa shape index (κ1) is 10.2. The molecule has 0 spiro atoms. The molecular weight excluding hydrogens is 265 g/mol. The highest BCUT2D eigenvalue weighted by atomic mass is 79.9. The zero-order valence-electron chi connectivity index (χ0n) is 7.66. The number of halogens is 2. The molecule has 0 saturated carbocycles. The van der Waals surface area contributed by atoms with Crippen LogP contribution in [0.4, 0.5) is 5.82 Å². The summed E-state index contributed by atoms with van der Waals surface area (Å²) < 4.78 is 0. The highest BCUT2D eigenvalue weighted by Gasteiger charge is 2.19. The molecule has 0 unspecified atom stereocenters. The van der Waals surface area contributed by atoms with E-state index in [0.717, 1.165) is 31.7 Å². The summed E-state index contributed by atoms with van der Waals surface area (Å²) in [5, 5.41) is 0.639. The molecule has 0 bridgehead atoms. The van der Waals surface area contributed by atoms with Gasteiger partial charge in [0.2, 0.25) is 0 Å². The highest BCUT2D eigenvalue weighted by Crippen LogP contribution is 2.26. The second kappa shape index (κ2) is 4.45. The van der Waals surface area contributed by atoms with E-state index in [1.54, 1.807) is 12.5 Å². The van der Waals surface area contributed by atoms with Gasteiger partial charge in [0.1, 0.15) is 11.3 Å². The minimum Gasteiger partial charge on any atom is -0.355 e. The molecule has 3 nitrogen and oxygen atoms in total. The van der Waals surface area contributed by atoms with Gasteiger partial charge in [-0.05, 0) is 12.8 Å². The van der Waals surface area contributed by atoms with E-state index in [-0.39, 0.29) is 0 Å². The standard InChI is InChI=1S/C9H11BrClN3/c10-7-1-3-14(4-2-7)9-8(11)5-12-6-13-9/h5-7H,1-4H2. The number of hydrogen-bond acceptors (Lipinski definition) is 3. The van der Waals surface area contributed by atoms with E-state index in [9.17, 15) is 0 Å². The Labute approximate surface area is 96.6 Å². The Morgan fingerprint density at radius 3 is 2.79 bits per heavy atom. The van der Waals surface area contributed by atoms with Crippen molar-refractivity contribution in [3.63, 3.8) is 0 Å². The van der Waals surface area contributed by atoms with Gasteiger partial charge in [0.15, 0.2) is 5.82 Å². The molecule has 1 aromatic rings. The molecular formula is C9H11BrClN3. The lowest BCUT2D eigenvalue weighted by atomic mass is 10.1. The van der Waals surface area contributed by atoms with Gasteiger partial charge < -0.3 is 4.90 Å². The van der Waals surface area contributed by atoms with Crippen molar-refractivity contribution in [3.8, 4) is 0 Å². The van der Waals surface area contributed by atoms with Crippen LogP contribution < -0.4 is 4.90 Å². The van der Waals surface area contributed by atoms with Crippen LogP contribution in [0.3, 0.4) is 0 Å². The summed E-state index contributed by atoms with van der Waals surface area (Å²) in [5.41, 5.74) is 0. The highest BCUT2D eigenvalue weighted by molar-refractivity contribution is 9.09. The fourth-order valence-corrected chi connectivity index (χ4v) is 2.23. The van der Waals surface area contributed by atoms with Crippen molar-refractivity contribution in [1.29, 1.82) is 0 Å². The Hall–Kier alpha value is -0.350. The van der Waals surface area contributed by atoms with Crippen LogP contribution in [0, 0.1) is 0 Å². The molecule has 0 aliphatic carbocycles. The molecule has 1 aliphatic rings. The van der Waals surface area contributed by atoms with Gasteiger partial charge in [-0.15, -0.1) is 0 Å². The third-order valence-electron chi connectivity index (χ3n) is 2.37. The molecule has 0 N–H and O–H groups in total. The summed E-state index contributed by atoms with van der Waals surface area (Å²) >= 11 is 9.63. The molecule has 1 fully saturated rings. The molecule has 0 radical (unpaired) electrons. The first-order valence-corrected chi connectivity index (χ1v) is 5.91. The predicted octanol–water partition coefficient (Wildman–Crippen LogP) is 2.49. The summed E-state index contributed by atoms with van der Waals surface area (Å²) in [6.45, 7) is 2.01. The Kier molecular flexibility index (Phi) is 3.23. The Morgan fingerprint density at radius 1 is 1.43 bits per heavy atom. The minimum atomic E-state index is 0.638. The second-order valence-corrected chi connectivity index (χ2v) is 5.06. The predicted molar refractivity (Wildman–Crippen MR) is 61.2 cm³/mol. The third kappa shape index (κ3) is 2.17. The van der Waals surface area contributed by atoms with Crippen molar-refractivity contribution < 1.29 is 0 Å². The summed E-state index contributed by atoms with van der Waals surface area (Å²) in [6.07, 6.45) is 5.46. The van der Waals surface area contributed by atoms with Gasteiger partial charge in [-0.2, -0.15) is 0 Å². The van der Waals surface area contributed by atoms with Crippen LogP contribution in [0.1, 0.15) is 12.8 Å². The third-order valence-corrected chi connectivity index (χ3v) is 3.55. The van der Waals surface area contributed by atoms with Crippen LogP contribution in [0.2, 0.25) is 5.02 Å². The van der Waals surface area contributed by atoms with Crippen molar-refractivity contribution in [3.05, 3.63) is 17.5 Å². The van der Waals surface area contributed by atoms with E-state index in [2.05, 4.69) is 30.8 Å². The maximum atomic E-state index is 6.02. The molecule has 1 aliphatic heterocycles. The lowest BCUT2D eigenvalue weighted by Crippen LogP contribution is -2.34. The minimum absolute atomic E-state index is 0.638. The number of alkyl halides is 1. The number of rotatable bonds is 1. The van der Waals surface area contributed by atoms with Crippen LogP contribution in [0.5, 0.6) is 0 Å². The smallest absolute Gasteiger partial charge is 0.150 e. The van der Waals surface area contributed by atoms with Crippen LogP contribution in [-0.4, -0.2) is 27.9 Å². The average Bonchev–Trinajstić information content (AvgIpc) is 2.20. The van der Waals surface area contributed by atoms with Crippen LogP contribution in [-0.2, 0) is 0 Å². The molecule has 2 rings (SSSR count). The van der Waals surface area contributed by atoms with Crippen molar-refractivity contribution in [2.24, 2.45) is 0 Å². The van der Waals surface area contributed by atoms with Gasteiger partial charge in [-0.3, -0.25) is 0 Å². The molecule has 2 heterocycles. The SMILES string of the molecule is Clc1cncnc1N1CCC(Br)CC1. The number of anilines is 1. The van der Waals surface area contributed by atoms with Gasteiger partial charge in [0, 0.05) is 17.9 Å². The number of nitrogens with zero attached hydrogens (tertiary/aromatic N) is 3. The first-order valence-electron chi connectivity index (χ1n) is 4.62. The molecule has 1 aromatic heterocycles. The van der Waals surface area contributed by atoms with Gasteiger partial charge in [-0.1, -0.05) is 27.5 Å². The van der Waals surface area contributed by atoms with E-state index < -0.39 is 0 Å². The van der Waals surface area contributed by atoms with Crippen molar-refractivity contribution in [1.82, 2.24) is 9.97 Å². The van der Waals surface area contributed by atoms with E-state index in [1.807, 2.05) is 0 Å². The fourth-order valence-electron chi connectivity index (χ4n) is 1.60. The zero-order valence-corrected chi connectivity index (χ0v) is 10.00. The Bertz CT molecular complexity index is 313. The normalized spacial score (nSPS) is 18.6. The lowest BCUT2D eigenvalue weighted by Gasteiger charge is -2.30. The summed E-state index contributed by atoms with van der Waals surface area (Å²) in [6, 6.07) is 0. The molecule has 1 saturated heterocycles. The van der Waals surface area contributed by atoms with Crippen molar-refractivity contribution in [2.45, 2.75) is 17.7 Å². The fraction of sp³-hybridized carbons (Fsp3) is 0.556. The van der Waals surface area contributed by atoms with Gasteiger partial charge >= 0.3 is 0 Å². The van der Waals surface area contributed by atoms with Gasteiger partial charge in [0.05, 0.1) is 6.20 Å². The van der Waals surface area contributed by atoms with Crippen molar-refractivity contribution >= 4 is 33.3 Å². The molecule has 14 heavy (non-hydrogen) atoms. The Morgan fingerprint density at radius 2 is 2.14 bits per heavy atom. The monoisotopic (exact) mass is 275 g/mol. The zero-order chi connectivity index (χ0) is 9.97. The maximum Gasteiger partial charge on any atom is 0.150 e. The molecule has 0 aromatic carbocycles. The summed E-state index contributed by atoms with van der Waals surface area (Å²) in [4.78, 5) is 10.9. The molecule has 0 amide bonds. The summed E-state index contributed by atoms with van der Waals surface area (Å²) in [5.74, 6) is 0.862. The van der Waals surface area contributed by atoms with Gasteiger partial charge in [-0.25, -0.2) is 9.97 Å². The molecule has 0 atom stereocenters. The maximum absolute atomic E-state index is 6.02.